The molecular formula is C17H24N4O2. The van der Waals surface area contributed by atoms with Crippen molar-refractivity contribution in [1.29, 1.82) is 0 Å². The van der Waals surface area contributed by atoms with Gasteiger partial charge in [-0.3, -0.25) is 19.5 Å². The highest BCUT2D eigenvalue weighted by molar-refractivity contribution is 5.79. The average molecular weight is 316 g/mol. The van der Waals surface area contributed by atoms with Crippen LogP contribution in [0.15, 0.2) is 24.5 Å². The molecule has 0 bridgehead atoms. The highest BCUT2D eigenvalue weighted by Gasteiger charge is 2.45. The summed E-state index contributed by atoms with van der Waals surface area (Å²) in [5.74, 6) is 0.274. The van der Waals surface area contributed by atoms with E-state index in [-0.39, 0.29) is 17.2 Å². The molecule has 1 atom stereocenters. The van der Waals surface area contributed by atoms with Gasteiger partial charge in [-0.2, -0.15) is 0 Å². The standard InChI is InChI=1S/C17H24N4O2/c1-14(22)21-8-7-20(10-15-3-5-18-6-4-15)12-17(13-21)9-16(23)19(2)11-17/h3-6H,7-13H2,1-2H3/t17-/m1/s1. The molecule has 3 rings (SSSR count). The average Bonchev–Trinajstić information content (AvgIpc) is 2.68. The molecule has 0 unspecified atom stereocenters. The topological polar surface area (TPSA) is 56.8 Å². The highest BCUT2D eigenvalue weighted by atomic mass is 16.2. The van der Waals surface area contributed by atoms with E-state index >= 15 is 0 Å². The maximum atomic E-state index is 12.1. The lowest BCUT2D eigenvalue weighted by Gasteiger charge is -2.33. The van der Waals surface area contributed by atoms with Gasteiger partial charge in [0.25, 0.3) is 0 Å². The number of likely N-dealkylation sites (tertiary alicyclic amines) is 1. The maximum absolute atomic E-state index is 12.1. The first-order valence-corrected chi connectivity index (χ1v) is 8.08. The number of carbonyl (C=O) groups is 2. The van der Waals surface area contributed by atoms with Gasteiger partial charge in [-0.25, -0.2) is 0 Å². The molecule has 2 amide bonds. The number of hydrogen-bond donors (Lipinski definition) is 0. The molecule has 0 aromatic carbocycles. The van der Waals surface area contributed by atoms with E-state index in [0.29, 0.717) is 13.0 Å². The van der Waals surface area contributed by atoms with Gasteiger partial charge < -0.3 is 9.80 Å². The molecule has 2 fully saturated rings. The first-order valence-electron chi connectivity index (χ1n) is 8.08. The molecular weight excluding hydrogens is 292 g/mol. The molecule has 0 aliphatic carbocycles. The van der Waals surface area contributed by atoms with Crippen LogP contribution in [0.25, 0.3) is 0 Å². The van der Waals surface area contributed by atoms with Gasteiger partial charge in [0.05, 0.1) is 0 Å². The molecule has 0 radical (unpaired) electrons. The van der Waals surface area contributed by atoms with Crippen LogP contribution >= 0.6 is 0 Å². The van der Waals surface area contributed by atoms with Gasteiger partial charge >= 0.3 is 0 Å². The lowest BCUT2D eigenvalue weighted by Crippen LogP contribution is -2.43. The van der Waals surface area contributed by atoms with Crippen molar-refractivity contribution in [2.75, 3.05) is 39.8 Å². The Bertz CT molecular complexity index is 592. The van der Waals surface area contributed by atoms with E-state index in [1.54, 1.807) is 24.2 Å². The monoisotopic (exact) mass is 316 g/mol. The second-order valence-electron chi connectivity index (χ2n) is 6.93. The van der Waals surface area contributed by atoms with Gasteiger partial charge in [0.2, 0.25) is 11.8 Å². The zero-order valence-electron chi connectivity index (χ0n) is 13.9. The number of hydrogen-bond acceptors (Lipinski definition) is 4. The zero-order valence-corrected chi connectivity index (χ0v) is 13.9. The van der Waals surface area contributed by atoms with Crippen molar-refractivity contribution in [1.82, 2.24) is 19.7 Å². The van der Waals surface area contributed by atoms with Crippen molar-refractivity contribution in [3.05, 3.63) is 30.1 Å². The Morgan fingerprint density at radius 1 is 1.22 bits per heavy atom. The van der Waals surface area contributed by atoms with Gasteiger partial charge in [0.15, 0.2) is 0 Å². The second-order valence-corrected chi connectivity index (χ2v) is 6.93. The Balaban J connectivity index is 1.80. The molecule has 0 N–H and O–H groups in total. The van der Waals surface area contributed by atoms with Crippen LogP contribution in [0, 0.1) is 5.41 Å². The van der Waals surface area contributed by atoms with Gasteiger partial charge in [-0.05, 0) is 17.7 Å². The Kier molecular flexibility index (Phi) is 4.35. The Morgan fingerprint density at radius 2 is 1.96 bits per heavy atom. The number of pyridine rings is 1. The maximum Gasteiger partial charge on any atom is 0.223 e. The van der Waals surface area contributed by atoms with Crippen LogP contribution in [0.5, 0.6) is 0 Å². The predicted octanol–water partition coefficient (Wildman–Crippen LogP) is 0.594. The molecule has 1 aromatic rings. The molecule has 2 aliphatic rings. The van der Waals surface area contributed by atoms with Gasteiger partial charge in [0.1, 0.15) is 0 Å². The minimum Gasteiger partial charge on any atom is -0.345 e. The fourth-order valence-electron chi connectivity index (χ4n) is 3.81. The second kappa shape index (κ2) is 6.28. The molecule has 6 heteroatoms. The molecule has 1 aromatic heterocycles. The first kappa shape index (κ1) is 15.9. The number of nitrogens with zero attached hydrogens (tertiary/aromatic N) is 4. The third-order valence-corrected chi connectivity index (χ3v) is 4.90. The van der Waals surface area contributed by atoms with E-state index < -0.39 is 0 Å². The summed E-state index contributed by atoms with van der Waals surface area (Å²) in [6.07, 6.45) is 4.13. The fourth-order valence-corrected chi connectivity index (χ4v) is 3.81. The van der Waals surface area contributed by atoms with E-state index in [1.165, 1.54) is 5.56 Å². The zero-order chi connectivity index (χ0) is 16.4. The number of aromatic nitrogens is 1. The quantitative estimate of drug-likeness (QED) is 0.801. The number of carbonyl (C=O) groups excluding carboxylic acids is 2. The SMILES string of the molecule is CC(=O)N1CCN(Cc2ccncc2)C[C@]2(CC(=O)N(C)C2)C1. The lowest BCUT2D eigenvalue weighted by atomic mass is 9.86. The minimum absolute atomic E-state index is 0.0946. The van der Waals surface area contributed by atoms with Crippen molar-refractivity contribution in [2.45, 2.75) is 19.9 Å². The van der Waals surface area contributed by atoms with Gasteiger partial charge in [0, 0.05) is 77.5 Å². The molecule has 3 heterocycles. The van der Waals surface area contributed by atoms with Crippen molar-refractivity contribution in [3.8, 4) is 0 Å². The van der Waals surface area contributed by atoms with Crippen LogP contribution in [0.1, 0.15) is 18.9 Å². The third-order valence-electron chi connectivity index (χ3n) is 4.90. The fraction of sp³-hybridized carbons (Fsp3) is 0.588. The summed E-state index contributed by atoms with van der Waals surface area (Å²) in [6, 6.07) is 4.04. The molecule has 0 saturated carbocycles. The van der Waals surface area contributed by atoms with E-state index in [0.717, 1.165) is 32.7 Å². The van der Waals surface area contributed by atoms with Crippen molar-refractivity contribution in [3.63, 3.8) is 0 Å². The molecule has 2 saturated heterocycles. The Labute approximate surface area is 137 Å². The van der Waals surface area contributed by atoms with E-state index in [4.69, 9.17) is 0 Å². The predicted molar refractivity (Wildman–Crippen MR) is 86.5 cm³/mol. The molecule has 2 aliphatic heterocycles. The Hall–Kier alpha value is -1.95. The van der Waals surface area contributed by atoms with E-state index in [1.807, 2.05) is 24.1 Å². The smallest absolute Gasteiger partial charge is 0.223 e. The normalized spacial score (nSPS) is 25.9. The van der Waals surface area contributed by atoms with Crippen molar-refractivity contribution >= 4 is 11.8 Å². The summed E-state index contributed by atoms with van der Waals surface area (Å²) in [7, 11) is 1.85. The van der Waals surface area contributed by atoms with E-state index in [9.17, 15) is 9.59 Å². The summed E-state index contributed by atoms with van der Waals surface area (Å²) in [6.45, 7) is 6.24. The lowest BCUT2D eigenvalue weighted by molar-refractivity contribution is -0.130. The van der Waals surface area contributed by atoms with E-state index in [2.05, 4.69) is 9.88 Å². The van der Waals surface area contributed by atoms with Crippen molar-refractivity contribution in [2.24, 2.45) is 5.41 Å². The summed E-state index contributed by atoms with van der Waals surface area (Å²) >= 11 is 0. The summed E-state index contributed by atoms with van der Waals surface area (Å²) in [4.78, 5) is 34.1. The largest absolute Gasteiger partial charge is 0.345 e. The van der Waals surface area contributed by atoms with Gasteiger partial charge in [-0.1, -0.05) is 0 Å². The van der Waals surface area contributed by atoms with Crippen LogP contribution in [-0.2, 0) is 16.1 Å². The van der Waals surface area contributed by atoms with Crippen LogP contribution < -0.4 is 0 Å². The number of rotatable bonds is 2. The highest BCUT2D eigenvalue weighted by Crippen LogP contribution is 2.34. The van der Waals surface area contributed by atoms with Gasteiger partial charge in [-0.15, -0.1) is 0 Å². The van der Waals surface area contributed by atoms with Crippen LogP contribution in [0.3, 0.4) is 0 Å². The minimum atomic E-state index is -0.152. The summed E-state index contributed by atoms with van der Waals surface area (Å²) in [5, 5.41) is 0. The Morgan fingerprint density at radius 3 is 2.57 bits per heavy atom. The van der Waals surface area contributed by atoms with Crippen LogP contribution in [-0.4, -0.2) is 71.3 Å². The van der Waals surface area contributed by atoms with Crippen LogP contribution in [0.4, 0.5) is 0 Å². The number of amides is 2. The molecule has 1 spiro atoms. The third kappa shape index (κ3) is 3.52. The molecule has 6 nitrogen and oxygen atoms in total. The van der Waals surface area contributed by atoms with Crippen molar-refractivity contribution < 1.29 is 9.59 Å². The molecule has 124 valence electrons. The summed E-state index contributed by atoms with van der Waals surface area (Å²) < 4.78 is 0. The summed E-state index contributed by atoms with van der Waals surface area (Å²) in [5.41, 5.74) is 1.06. The van der Waals surface area contributed by atoms with Crippen LogP contribution in [0.2, 0.25) is 0 Å². The molecule has 23 heavy (non-hydrogen) atoms. The first-order chi connectivity index (χ1) is 11.0.